The largest absolute Gasteiger partial charge is 0.302 e. The molecule has 1 atom stereocenters. The van der Waals surface area contributed by atoms with Gasteiger partial charge in [-0.25, -0.2) is 0 Å². The van der Waals surface area contributed by atoms with E-state index in [0.717, 1.165) is 19.1 Å². The van der Waals surface area contributed by atoms with Crippen molar-refractivity contribution in [1.82, 2.24) is 0 Å². The number of thioether (sulfide) groups is 1. The van der Waals surface area contributed by atoms with E-state index in [-0.39, 0.29) is 5.25 Å². The molecule has 0 saturated heterocycles. The molecule has 26 heavy (non-hydrogen) atoms. The maximum Gasteiger partial charge on any atom is 0.133 e. The van der Waals surface area contributed by atoms with Gasteiger partial charge in [-0.05, 0) is 23.1 Å². The third-order valence-electron chi connectivity index (χ3n) is 4.59. The van der Waals surface area contributed by atoms with E-state index in [0.29, 0.717) is 0 Å². The lowest BCUT2D eigenvalue weighted by Gasteiger charge is -2.37. The van der Waals surface area contributed by atoms with E-state index in [9.17, 15) is 4.79 Å². The first-order valence-corrected chi connectivity index (χ1v) is 9.99. The summed E-state index contributed by atoms with van der Waals surface area (Å²) in [4.78, 5) is 11.8. The Labute approximate surface area is 160 Å². The summed E-state index contributed by atoms with van der Waals surface area (Å²) in [5.74, 6) is 0. The van der Waals surface area contributed by atoms with Gasteiger partial charge in [-0.3, -0.25) is 0 Å². The summed E-state index contributed by atoms with van der Waals surface area (Å²) in [6.07, 6.45) is 2.98. The first-order chi connectivity index (χ1) is 12.8. The van der Waals surface area contributed by atoms with Crippen LogP contribution >= 0.6 is 11.8 Å². The van der Waals surface area contributed by atoms with Crippen LogP contribution in [0.2, 0.25) is 0 Å². The van der Waals surface area contributed by atoms with Gasteiger partial charge >= 0.3 is 0 Å². The molecule has 0 radical (unpaired) electrons. The molecule has 0 fully saturated rings. The van der Waals surface area contributed by atoms with Crippen LogP contribution in [-0.2, 0) is 9.54 Å². The zero-order chi connectivity index (χ0) is 18.2. The maximum atomic E-state index is 11.8. The van der Waals surface area contributed by atoms with E-state index in [1.54, 1.807) is 11.8 Å². The lowest BCUT2D eigenvalue weighted by molar-refractivity contribution is -0.107. The zero-order valence-electron chi connectivity index (χ0n) is 15.0. The number of carbonyl (C=O) groups excluding carboxylic acids is 1. The minimum Gasteiger partial charge on any atom is -0.302 e. The normalized spacial score (nSPS) is 12.5. The van der Waals surface area contributed by atoms with Gasteiger partial charge in [0, 0.05) is 0 Å². The zero-order valence-corrected chi connectivity index (χ0v) is 15.9. The van der Waals surface area contributed by atoms with Crippen LogP contribution in [-0.4, -0.2) is 11.5 Å². The fraction of sp³-hybridized carbons (Fsp3) is 0.208. The van der Waals surface area contributed by atoms with E-state index in [1.165, 1.54) is 16.7 Å². The van der Waals surface area contributed by atoms with Crippen molar-refractivity contribution in [3.05, 3.63) is 108 Å². The van der Waals surface area contributed by atoms with Crippen molar-refractivity contribution in [2.45, 2.75) is 29.8 Å². The van der Waals surface area contributed by atoms with Crippen LogP contribution in [0.25, 0.3) is 0 Å². The first kappa shape index (κ1) is 18.5. The molecule has 0 bridgehead atoms. The Morgan fingerprint density at radius 2 is 1.15 bits per heavy atom. The SMILES string of the molecule is CCCC(C=O)SC(c1ccccc1)(c1ccccc1)c1ccccc1. The van der Waals surface area contributed by atoms with Crippen LogP contribution < -0.4 is 0 Å². The Hall–Kier alpha value is -2.32. The van der Waals surface area contributed by atoms with Crippen molar-refractivity contribution in [3.63, 3.8) is 0 Å². The lowest BCUT2D eigenvalue weighted by Crippen LogP contribution is -2.29. The Morgan fingerprint density at radius 1 is 0.769 bits per heavy atom. The summed E-state index contributed by atoms with van der Waals surface area (Å²) in [6, 6.07) is 31.6. The molecule has 3 aromatic carbocycles. The van der Waals surface area contributed by atoms with Gasteiger partial charge in [-0.2, -0.15) is 0 Å². The fourth-order valence-electron chi connectivity index (χ4n) is 3.39. The quantitative estimate of drug-likeness (QED) is 0.358. The van der Waals surface area contributed by atoms with Gasteiger partial charge in [0.2, 0.25) is 0 Å². The van der Waals surface area contributed by atoms with Gasteiger partial charge in [0.15, 0.2) is 0 Å². The molecule has 132 valence electrons. The molecule has 0 aliphatic rings. The van der Waals surface area contributed by atoms with Crippen LogP contribution in [0.3, 0.4) is 0 Å². The average molecular weight is 361 g/mol. The standard InChI is InChI=1S/C24H24OS/c1-2-12-23(19-25)26-24(20-13-6-3-7-14-20,21-15-8-4-9-16-21)22-17-10-5-11-18-22/h3-11,13-19,23H,2,12H2,1H3. The fourth-order valence-corrected chi connectivity index (χ4v) is 5.07. The predicted octanol–water partition coefficient (Wildman–Crippen LogP) is 6.08. The topological polar surface area (TPSA) is 17.1 Å². The molecular weight excluding hydrogens is 336 g/mol. The summed E-state index contributed by atoms with van der Waals surface area (Å²) in [6.45, 7) is 2.13. The van der Waals surface area contributed by atoms with E-state index in [1.807, 2.05) is 18.2 Å². The van der Waals surface area contributed by atoms with Gasteiger partial charge in [0.25, 0.3) is 0 Å². The number of hydrogen-bond donors (Lipinski definition) is 0. The first-order valence-electron chi connectivity index (χ1n) is 9.11. The van der Waals surface area contributed by atoms with Gasteiger partial charge in [-0.1, -0.05) is 104 Å². The monoisotopic (exact) mass is 360 g/mol. The summed E-state index contributed by atoms with van der Waals surface area (Å²) in [5.41, 5.74) is 3.60. The van der Waals surface area contributed by atoms with Crippen molar-refractivity contribution in [3.8, 4) is 0 Å². The van der Waals surface area contributed by atoms with Gasteiger partial charge in [0.05, 0.1) is 10.00 Å². The van der Waals surface area contributed by atoms with E-state index < -0.39 is 4.75 Å². The van der Waals surface area contributed by atoms with Gasteiger partial charge < -0.3 is 4.79 Å². The Kier molecular flexibility index (Phi) is 6.30. The molecule has 0 amide bonds. The number of carbonyl (C=O) groups is 1. The van der Waals surface area contributed by atoms with Crippen LogP contribution in [0.15, 0.2) is 91.0 Å². The Bertz CT molecular complexity index is 703. The van der Waals surface area contributed by atoms with Crippen LogP contribution in [0.4, 0.5) is 0 Å². The highest BCUT2D eigenvalue weighted by molar-refractivity contribution is 8.01. The van der Waals surface area contributed by atoms with Crippen LogP contribution in [0.1, 0.15) is 36.5 Å². The second kappa shape index (κ2) is 8.86. The van der Waals surface area contributed by atoms with E-state index in [4.69, 9.17) is 0 Å². The molecule has 3 aromatic rings. The van der Waals surface area contributed by atoms with Crippen LogP contribution in [0, 0.1) is 0 Å². The highest BCUT2D eigenvalue weighted by atomic mass is 32.2. The van der Waals surface area contributed by atoms with Gasteiger partial charge in [-0.15, -0.1) is 11.8 Å². The summed E-state index contributed by atoms with van der Waals surface area (Å²) in [5, 5.41) is -0.0550. The minimum atomic E-state index is -0.412. The molecule has 2 heteroatoms. The van der Waals surface area contributed by atoms with Crippen molar-refractivity contribution >= 4 is 18.0 Å². The van der Waals surface area contributed by atoms with Crippen LogP contribution in [0.5, 0.6) is 0 Å². The van der Waals surface area contributed by atoms with Crippen molar-refractivity contribution in [2.24, 2.45) is 0 Å². The average Bonchev–Trinajstić information content (AvgIpc) is 2.73. The van der Waals surface area contributed by atoms with Crippen molar-refractivity contribution in [2.75, 3.05) is 0 Å². The van der Waals surface area contributed by atoms with Gasteiger partial charge in [0.1, 0.15) is 6.29 Å². The van der Waals surface area contributed by atoms with Crippen molar-refractivity contribution in [1.29, 1.82) is 0 Å². The third kappa shape index (κ3) is 3.76. The second-order valence-corrected chi connectivity index (χ2v) is 7.81. The molecule has 0 spiro atoms. The van der Waals surface area contributed by atoms with Crippen molar-refractivity contribution < 1.29 is 4.79 Å². The summed E-state index contributed by atoms with van der Waals surface area (Å²) in [7, 11) is 0. The molecule has 0 aromatic heterocycles. The molecule has 1 nitrogen and oxygen atoms in total. The molecule has 3 rings (SSSR count). The molecule has 0 aliphatic carbocycles. The smallest absolute Gasteiger partial charge is 0.133 e. The number of rotatable bonds is 8. The highest BCUT2D eigenvalue weighted by Crippen LogP contribution is 2.50. The lowest BCUT2D eigenvalue weighted by atomic mass is 9.84. The minimum absolute atomic E-state index is 0.0550. The molecule has 0 saturated carbocycles. The van der Waals surface area contributed by atoms with E-state index >= 15 is 0 Å². The summed E-state index contributed by atoms with van der Waals surface area (Å²) >= 11 is 1.75. The second-order valence-electron chi connectivity index (χ2n) is 6.36. The van der Waals surface area contributed by atoms with E-state index in [2.05, 4.69) is 79.7 Å². The number of benzene rings is 3. The molecule has 0 aliphatic heterocycles. The number of aldehydes is 1. The Morgan fingerprint density at radius 3 is 1.46 bits per heavy atom. The molecule has 0 heterocycles. The molecule has 0 N–H and O–H groups in total. The highest BCUT2D eigenvalue weighted by Gasteiger charge is 2.39. The molecule has 1 unspecified atom stereocenters. The third-order valence-corrected chi connectivity index (χ3v) is 6.30. The molecular formula is C24H24OS. The number of hydrogen-bond acceptors (Lipinski definition) is 2. The maximum absolute atomic E-state index is 11.8. The predicted molar refractivity (Wildman–Crippen MR) is 112 cm³/mol. The summed E-state index contributed by atoms with van der Waals surface area (Å²) < 4.78 is -0.412. The Balaban J connectivity index is 2.26.